The molecule has 2 N–H and O–H groups in total. The highest BCUT2D eigenvalue weighted by Gasteiger charge is 2.66. The maximum Gasteiger partial charge on any atom is 0.307 e. The zero-order chi connectivity index (χ0) is 14.2. The van der Waals surface area contributed by atoms with Crippen LogP contribution in [0.25, 0.3) is 0 Å². The molecule has 1 rings (SSSR count). The lowest BCUT2D eigenvalue weighted by Gasteiger charge is -2.18. The van der Waals surface area contributed by atoms with Gasteiger partial charge < -0.3 is 15.3 Å². The predicted molar refractivity (Wildman–Crippen MR) is 64.7 cm³/mol. The summed E-state index contributed by atoms with van der Waals surface area (Å²) in [6.45, 7) is 5.08. The van der Waals surface area contributed by atoms with Crippen molar-refractivity contribution in [1.29, 1.82) is 0 Å². The van der Waals surface area contributed by atoms with E-state index in [-0.39, 0.29) is 11.8 Å². The molecule has 3 atom stereocenters. The van der Waals surface area contributed by atoms with Crippen LogP contribution in [-0.2, 0) is 14.4 Å². The first-order valence-corrected chi connectivity index (χ1v) is 5.85. The Morgan fingerprint density at radius 1 is 1.22 bits per heavy atom. The molecular formula is C12H20N2O4. The van der Waals surface area contributed by atoms with E-state index in [4.69, 9.17) is 5.11 Å². The molecule has 1 saturated carbocycles. The number of carbonyl (C=O) groups is 3. The molecule has 6 heteroatoms. The summed E-state index contributed by atoms with van der Waals surface area (Å²) in [6, 6.07) is -0.640. The van der Waals surface area contributed by atoms with Crippen molar-refractivity contribution in [3.63, 3.8) is 0 Å². The molecule has 1 fully saturated rings. The summed E-state index contributed by atoms with van der Waals surface area (Å²) in [6.07, 6.45) is 0. The third kappa shape index (κ3) is 2.47. The average Bonchev–Trinajstić information content (AvgIpc) is 2.80. The number of aliphatic carboxylic acids is 1. The van der Waals surface area contributed by atoms with E-state index >= 15 is 0 Å². The Labute approximate surface area is 106 Å². The molecule has 0 radical (unpaired) electrons. The molecule has 2 amide bonds. The van der Waals surface area contributed by atoms with Gasteiger partial charge in [0.2, 0.25) is 11.8 Å². The number of rotatable bonds is 4. The third-order valence-corrected chi connectivity index (χ3v) is 3.55. The minimum Gasteiger partial charge on any atom is -0.481 e. The van der Waals surface area contributed by atoms with Crippen molar-refractivity contribution in [1.82, 2.24) is 10.2 Å². The Hall–Kier alpha value is -1.59. The molecule has 0 bridgehead atoms. The van der Waals surface area contributed by atoms with Gasteiger partial charge in [0, 0.05) is 14.1 Å². The van der Waals surface area contributed by atoms with Crippen LogP contribution in [-0.4, -0.2) is 47.9 Å². The zero-order valence-electron chi connectivity index (χ0n) is 11.4. The van der Waals surface area contributed by atoms with E-state index in [1.54, 1.807) is 34.9 Å². The van der Waals surface area contributed by atoms with E-state index in [1.807, 2.05) is 0 Å². The number of hydrogen-bond donors (Lipinski definition) is 2. The molecule has 102 valence electrons. The number of nitrogens with zero attached hydrogens (tertiary/aromatic N) is 1. The topological polar surface area (TPSA) is 86.7 Å². The molecule has 0 spiro atoms. The lowest BCUT2D eigenvalue weighted by molar-refractivity contribution is -0.140. The molecule has 1 aliphatic carbocycles. The summed E-state index contributed by atoms with van der Waals surface area (Å²) in [4.78, 5) is 35.9. The first-order valence-electron chi connectivity index (χ1n) is 5.85. The van der Waals surface area contributed by atoms with Crippen LogP contribution in [0.15, 0.2) is 0 Å². The van der Waals surface area contributed by atoms with Crippen LogP contribution in [0.1, 0.15) is 20.8 Å². The number of likely N-dealkylation sites (N-methyl/N-ethyl adjacent to an activating group) is 1. The van der Waals surface area contributed by atoms with Crippen molar-refractivity contribution in [3.05, 3.63) is 0 Å². The standard InChI is InChI=1S/C12H20N2O4/c1-6(10(16)14(4)5)13-9(15)7-8(11(17)18)12(7,2)3/h6-8H,1-5H3,(H,13,15)(H,17,18)/t6?,7-,8+/m1/s1. The van der Waals surface area contributed by atoms with Gasteiger partial charge in [-0.15, -0.1) is 0 Å². The Bertz CT molecular complexity index is 390. The van der Waals surface area contributed by atoms with Crippen molar-refractivity contribution >= 4 is 17.8 Å². The fourth-order valence-corrected chi connectivity index (χ4v) is 2.34. The van der Waals surface area contributed by atoms with Gasteiger partial charge in [-0.2, -0.15) is 0 Å². The van der Waals surface area contributed by atoms with E-state index in [9.17, 15) is 14.4 Å². The van der Waals surface area contributed by atoms with Gasteiger partial charge >= 0.3 is 5.97 Å². The molecule has 0 saturated heterocycles. The average molecular weight is 256 g/mol. The lowest BCUT2D eigenvalue weighted by Crippen LogP contribution is -2.45. The van der Waals surface area contributed by atoms with Gasteiger partial charge in [0.05, 0.1) is 11.8 Å². The number of hydrogen-bond acceptors (Lipinski definition) is 3. The molecule has 0 aromatic rings. The Morgan fingerprint density at radius 2 is 1.72 bits per heavy atom. The highest BCUT2D eigenvalue weighted by atomic mass is 16.4. The summed E-state index contributed by atoms with van der Waals surface area (Å²) in [5.41, 5.74) is -0.545. The minimum absolute atomic E-state index is 0.214. The summed E-state index contributed by atoms with van der Waals surface area (Å²) in [7, 11) is 3.21. The summed E-state index contributed by atoms with van der Waals surface area (Å²) < 4.78 is 0. The first kappa shape index (κ1) is 14.5. The van der Waals surface area contributed by atoms with Crippen molar-refractivity contribution in [2.75, 3.05) is 14.1 Å². The van der Waals surface area contributed by atoms with Gasteiger partial charge in [-0.1, -0.05) is 13.8 Å². The van der Waals surface area contributed by atoms with Crippen LogP contribution in [0.3, 0.4) is 0 Å². The predicted octanol–water partition coefficient (Wildman–Crippen LogP) is -0.0639. The molecule has 0 aliphatic heterocycles. The van der Waals surface area contributed by atoms with Crippen LogP contribution in [0, 0.1) is 17.3 Å². The van der Waals surface area contributed by atoms with Gasteiger partial charge in [0.15, 0.2) is 0 Å². The lowest BCUT2D eigenvalue weighted by atomic mass is 10.1. The molecule has 18 heavy (non-hydrogen) atoms. The number of carbonyl (C=O) groups excluding carboxylic acids is 2. The molecule has 1 aliphatic rings. The normalized spacial score (nSPS) is 26.1. The minimum atomic E-state index is -0.966. The van der Waals surface area contributed by atoms with Gasteiger partial charge in [-0.05, 0) is 12.3 Å². The maximum absolute atomic E-state index is 11.9. The monoisotopic (exact) mass is 256 g/mol. The number of carboxylic acid groups (broad SMARTS) is 1. The zero-order valence-corrected chi connectivity index (χ0v) is 11.4. The van der Waals surface area contributed by atoms with Crippen molar-refractivity contribution in [2.45, 2.75) is 26.8 Å². The van der Waals surface area contributed by atoms with Crippen LogP contribution in [0.5, 0.6) is 0 Å². The molecule has 0 heterocycles. The van der Waals surface area contributed by atoms with Crippen LogP contribution < -0.4 is 5.32 Å². The summed E-state index contributed by atoms with van der Waals surface area (Å²) in [5.74, 6) is -2.78. The van der Waals surface area contributed by atoms with Gasteiger partial charge in [0.25, 0.3) is 0 Å². The Balaban J connectivity index is 2.64. The third-order valence-electron chi connectivity index (χ3n) is 3.55. The van der Waals surface area contributed by atoms with Crippen molar-refractivity contribution in [2.24, 2.45) is 17.3 Å². The Morgan fingerprint density at radius 3 is 2.06 bits per heavy atom. The second-order valence-electron chi connectivity index (χ2n) is 5.58. The molecule has 6 nitrogen and oxygen atoms in total. The largest absolute Gasteiger partial charge is 0.481 e. The molecule has 1 unspecified atom stereocenters. The second-order valence-corrected chi connectivity index (χ2v) is 5.58. The number of nitrogens with one attached hydrogen (secondary N) is 1. The molecule has 0 aromatic carbocycles. The smallest absolute Gasteiger partial charge is 0.307 e. The van der Waals surface area contributed by atoms with Crippen LogP contribution in [0.4, 0.5) is 0 Å². The van der Waals surface area contributed by atoms with Gasteiger partial charge in [-0.3, -0.25) is 14.4 Å². The summed E-state index contributed by atoms with van der Waals surface area (Å²) in [5, 5.41) is 11.6. The van der Waals surface area contributed by atoms with E-state index < -0.39 is 29.3 Å². The maximum atomic E-state index is 11.9. The highest BCUT2D eigenvalue weighted by molar-refractivity contribution is 5.94. The van der Waals surface area contributed by atoms with Gasteiger partial charge in [-0.25, -0.2) is 0 Å². The molecular weight excluding hydrogens is 236 g/mol. The quantitative estimate of drug-likeness (QED) is 0.737. The fraction of sp³-hybridized carbons (Fsp3) is 0.750. The molecule has 0 aromatic heterocycles. The Kier molecular flexibility index (Phi) is 3.69. The van der Waals surface area contributed by atoms with Crippen molar-refractivity contribution < 1.29 is 19.5 Å². The van der Waals surface area contributed by atoms with Gasteiger partial charge in [0.1, 0.15) is 6.04 Å². The fourth-order valence-electron chi connectivity index (χ4n) is 2.34. The number of amides is 2. The van der Waals surface area contributed by atoms with E-state index in [1.165, 1.54) is 4.90 Å². The van der Waals surface area contributed by atoms with Crippen LogP contribution in [0.2, 0.25) is 0 Å². The number of carboxylic acids is 1. The van der Waals surface area contributed by atoms with E-state index in [0.717, 1.165) is 0 Å². The summed E-state index contributed by atoms with van der Waals surface area (Å²) >= 11 is 0. The highest BCUT2D eigenvalue weighted by Crippen LogP contribution is 2.58. The SMILES string of the molecule is CC(NC(=O)[C@H]1[C@@H](C(=O)O)C1(C)C)C(=O)N(C)C. The van der Waals surface area contributed by atoms with E-state index in [0.29, 0.717) is 0 Å². The van der Waals surface area contributed by atoms with Crippen molar-refractivity contribution in [3.8, 4) is 0 Å². The first-order chi connectivity index (χ1) is 8.10. The van der Waals surface area contributed by atoms with E-state index in [2.05, 4.69) is 5.32 Å². The second kappa shape index (κ2) is 4.59. The van der Waals surface area contributed by atoms with Crippen LogP contribution >= 0.6 is 0 Å².